The summed E-state index contributed by atoms with van der Waals surface area (Å²) >= 11 is 1.08. The second-order valence-electron chi connectivity index (χ2n) is 6.93. The maximum Gasteiger partial charge on any atom is 0.418 e. The first-order chi connectivity index (χ1) is 13.1. The van der Waals surface area contributed by atoms with Crippen molar-refractivity contribution in [3.05, 3.63) is 29.8 Å². The number of nitrogens with zero attached hydrogens (tertiary/aromatic N) is 2. The zero-order chi connectivity index (χ0) is 20.7. The molecule has 5 nitrogen and oxygen atoms in total. The molecule has 0 aliphatic carbocycles. The highest BCUT2D eigenvalue weighted by Crippen LogP contribution is 2.45. The Morgan fingerprint density at radius 2 is 1.89 bits per heavy atom. The van der Waals surface area contributed by atoms with Gasteiger partial charge in [-0.25, -0.2) is 8.42 Å². The van der Waals surface area contributed by atoms with Crippen LogP contribution in [0, 0.1) is 5.92 Å². The van der Waals surface area contributed by atoms with Gasteiger partial charge in [-0.3, -0.25) is 4.79 Å². The smallest absolute Gasteiger partial charge is 0.315 e. The molecule has 0 unspecified atom stereocenters. The third-order valence-electron chi connectivity index (χ3n) is 5.08. The molecule has 0 aromatic heterocycles. The number of benzene rings is 1. The molecule has 2 atom stereocenters. The van der Waals surface area contributed by atoms with E-state index in [0.29, 0.717) is 12.8 Å². The van der Waals surface area contributed by atoms with E-state index in [-0.39, 0.29) is 34.2 Å². The van der Waals surface area contributed by atoms with E-state index in [9.17, 15) is 26.4 Å². The van der Waals surface area contributed by atoms with Crippen molar-refractivity contribution in [1.29, 1.82) is 0 Å². The maximum atomic E-state index is 13.6. The Balaban J connectivity index is 2.09. The number of carbonyl (C=O) groups excluding carboxylic acids is 1. The number of halogens is 3. The number of sulfone groups is 1. The predicted octanol–water partition coefficient (Wildman–Crippen LogP) is 3.74. The molecule has 0 saturated carbocycles. The fourth-order valence-corrected chi connectivity index (χ4v) is 7.51. The number of fused-ring (bicyclic) bond motifs is 1. The lowest BCUT2D eigenvalue weighted by atomic mass is 10.0. The van der Waals surface area contributed by atoms with Crippen molar-refractivity contribution in [1.82, 2.24) is 0 Å². The second-order valence-corrected chi connectivity index (χ2v) is 10.3. The van der Waals surface area contributed by atoms with Crippen LogP contribution in [0.1, 0.15) is 32.3 Å². The standard InChI is InChI=1S/C18H21F3N2O3S2/c1-3-11(4-2)16(24)22-17-23(14-9-28(25,26)10-15(14)27-17)13-8-6-5-7-12(13)18(19,20)21/h5-8,11,14-15H,3-4,9-10H2,1-2H3/t14-,15+/m0/s1. The first-order valence-corrected chi connectivity index (χ1v) is 11.7. The molecule has 1 amide bonds. The highest BCUT2D eigenvalue weighted by atomic mass is 32.2. The number of anilines is 1. The van der Waals surface area contributed by atoms with E-state index in [0.717, 1.165) is 17.8 Å². The van der Waals surface area contributed by atoms with Crippen LogP contribution >= 0.6 is 11.8 Å². The summed E-state index contributed by atoms with van der Waals surface area (Å²) in [6, 6.07) is 4.33. The monoisotopic (exact) mass is 434 g/mol. The molecule has 2 aliphatic rings. The minimum absolute atomic E-state index is 0.134. The Morgan fingerprint density at radius 3 is 2.50 bits per heavy atom. The van der Waals surface area contributed by atoms with E-state index in [1.165, 1.54) is 23.1 Å². The van der Waals surface area contributed by atoms with Crippen LogP contribution in [0.3, 0.4) is 0 Å². The number of amides is 1. The molecule has 1 aromatic rings. The molecule has 0 N–H and O–H groups in total. The van der Waals surface area contributed by atoms with Gasteiger partial charge in [-0.1, -0.05) is 37.7 Å². The van der Waals surface area contributed by atoms with E-state index in [1.54, 1.807) is 0 Å². The van der Waals surface area contributed by atoms with Crippen molar-refractivity contribution in [3.63, 3.8) is 0 Å². The molecule has 10 heteroatoms. The largest absolute Gasteiger partial charge is 0.418 e. The van der Waals surface area contributed by atoms with Gasteiger partial charge in [0.1, 0.15) is 0 Å². The molecule has 2 saturated heterocycles. The molecule has 2 heterocycles. The lowest BCUT2D eigenvalue weighted by Gasteiger charge is -2.27. The van der Waals surface area contributed by atoms with Crippen LogP contribution in [0.15, 0.2) is 29.3 Å². The highest BCUT2D eigenvalue weighted by molar-refractivity contribution is 8.16. The number of thioether (sulfide) groups is 1. The van der Waals surface area contributed by atoms with E-state index in [1.807, 2.05) is 13.8 Å². The predicted molar refractivity (Wildman–Crippen MR) is 104 cm³/mol. The summed E-state index contributed by atoms with van der Waals surface area (Å²) in [5, 5.41) is -0.293. The molecule has 0 radical (unpaired) electrons. The summed E-state index contributed by atoms with van der Waals surface area (Å²) in [7, 11) is -3.36. The van der Waals surface area contributed by atoms with Crippen LogP contribution in [0.4, 0.5) is 18.9 Å². The van der Waals surface area contributed by atoms with Crippen molar-refractivity contribution >= 4 is 38.4 Å². The van der Waals surface area contributed by atoms with Crippen LogP contribution in [0.25, 0.3) is 0 Å². The third kappa shape index (κ3) is 4.07. The van der Waals surface area contributed by atoms with Crippen molar-refractivity contribution in [2.75, 3.05) is 16.4 Å². The van der Waals surface area contributed by atoms with Gasteiger partial charge >= 0.3 is 6.18 Å². The van der Waals surface area contributed by atoms with Crippen LogP contribution in [-0.4, -0.2) is 42.3 Å². The van der Waals surface area contributed by atoms with Crippen molar-refractivity contribution in [2.24, 2.45) is 10.9 Å². The molecule has 2 fully saturated rings. The van der Waals surface area contributed by atoms with Crippen molar-refractivity contribution < 1.29 is 26.4 Å². The van der Waals surface area contributed by atoms with E-state index < -0.39 is 32.9 Å². The Morgan fingerprint density at radius 1 is 1.25 bits per heavy atom. The van der Waals surface area contributed by atoms with Gasteiger partial charge in [0.15, 0.2) is 15.0 Å². The fraction of sp³-hybridized carbons (Fsp3) is 0.556. The second kappa shape index (κ2) is 7.70. The van der Waals surface area contributed by atoms with Gasteiger partial charge in [0.25, 0.3) is 5.91 Å². The number of hydrogen-bond donors (Lipinski definition) is 0. The summed E-state index contributed by atoms with van der Waals surface area (Å²) in [5.41, 5.74) is -1.04. The third-order valence-corrected chi connectivity index (χ3v) is 8.29. The van der Waals surface area contributed by atoms with E-state index >= 15 is 0 Å². The summed E-state index contributed by atoms with van der Waals surface area (Å²) < 4.78 is 64.8. The van der Waals surface area contributed by atoms with Gasteiger partial charge in [-0.05, 0) is 25.0 Å². The SMILES string of the molecule is CCC(CC)C(=O)N=C1S[C@@H]2CS(=O)(=O)C[C@@H]2N1c1ccccc1C(F)(F)F. The molecule has 1 aromatic carbocycles. The Kier molecular flexibility index (Phi) is 5.82. The zero-order valence-electron chi connectivity index (χ0n) is 15.4. The quantitative estimate of drug-likeness (QED) is 0.722. The highest BCUT2D eigenvalue weighted by Gasteiger charge is 2.51. The minimum Gasteiger partial charge on any atom is -0.315 e. The van der Waals surface area contributed by atoms with E-state index in [2.05, 4.69) is 4.99 Å². The van der Waals surface area contributed by atoms with Crippen LogP contribution in [0.5, 0.6) is 0 Å². The summed E-state index contributed by atoms with van der Waals surface area (Å²) in [5.74, 6) is -1.08. The summed E-state index contributed by atoms with van der Waals surface area (Å²) in [6.45, 7) is 3.71. The van der Waals surface area contributed by atoms with Crippen molar-refractivity contribution in [2.45, 2.75) is 44.2 Å². The molecule has 0 spiro atoms. The number of rotatable bonds is 4. The van der Waals surface area contributed by atoms with Crippen LogP contribution in [0.2, 0.25) is 0 Å². The molecule has 3 rings (SSSR count). The van der Waals surface area contributed by atoms with Gasteiger partial charge < -0.3 is 4.90 Å². The summed E-state index contributed by atoms with van der Waals surface area (Å²) in [6.07, 6.45) is -3.45. The minimum atomic E-state index is -4.61. The number of hydrogen-bond acceptors (Lipinski definition) is 4. The number of aliphatic imine (C=N–C) groups is 1. The first kappa shape index (κ1) is 21.2. The fourth-order valence-electron chi connectivity index (χ4n) is 3.59. The van der Waals surface area contributed by atoms with Crippen LogP contribution < -0.4 is 4.90 Å². The van der Waals surface area contributed by atoms with Gasteiger partial charge in [0.05, 0.1) is 28.8 Å². The normalized spacial score (nSPS) is 25.5. The zero-order valence-corrected chi connectivity index (χ0v) is 17.1. The Hall–Kier alpha value is -1.55. The van der Waals surface area contributed by atoms with Gasteiger partial charge in [0.2, 0.25) is 0 Å². The molecule has 154 valence electrons. The molecule has 28 heavy (non-hydrogen) atoms. The maximum absolute atomic E-state index is 13.6. The van der Waals surface area contributed by atoms with Gasteiger partial charge in [-0.2, -0.15) is 18.2 Å². The Labute approximate surface area is 166 Å². The number of para-hydroxylation sites is 1. The average molecular weight is 435 g/mol. The molecular formula is C18H21F3N2O3S2. The lowest BCUT2D eigenvalue weighted by Crippen LogP contribution is -2.39. The average Bonchev–Trinajstić information content (AvgIpc) is 3.06. The Bertz CT molecular complexity index is 896. The number of alkyl halides is 3. The summed E-state index contributed by atoms with van der Waals surface area (Å²) in [4.78, 5) is 17.9. The van der Waals surface area contributed by atoms with Crippen LogP contribution in [-0.2, 0) is 20.8 Å². The van der Waals surface area contributed by atoms with Gasteiger partial charge in [-0.15, -0.1) is 0 Å². The van der Waals surface area contributed by atoms with Crippen molar-refractivity contribution in [3.8, 4) is 0 Å². The topological polar surface area (TPSA) is 66.8 Å². The first-order valence-electron chi connectivity index (χ1n) is 9.02. The lowest BCUT2D eigenvalue weighted by molar-refractivity contribution is -0.137. The number of amidine groups is 1. The molecule has 0 bridgehead atoms. The number of carbonyl (C=O) groups is 1. The molecular weight excluding hydrogens is 413 g/mol. The van der Waals surface area contributed by atoms with Gasteiger partial charge in [0, 0.05) is 11.2 Å². The van der Waals surface area contributed by atoms with E-state index in [4.69, 9.17) is 0 Å². The molecule has 2 aliphatic heterocycles.